The number of nitrogens with one attached hydrogen (secondary N) is 1. The molecular formula is C16H23N3. The molecular weight excluding hydrogens is 234 g/mol. The van der Waals surface area contributed by atoms with Crippen LogP contribution in [0.15, 0.2) is 30.5 Å². The van der Waals surface area contributed by atoms with Crippen LogP contribution in [0.3, 0.4) is 0 Å². The van der Waals surface area contributed by atoms with Crippen molar-refractivity contribution in [1.29, 1.82) is 0 Å². The van der Waals surface area contributed by atoms with Gasteiger partial charge in [-0.1, -0.05) is 12.1 Å². The molecule has 3 rings (SSSR count). The van der Waals surface area contributed by atoms with E-state index in [-0.39, 0.29) is 0 Å². The maximum atomic E-state index is 3.61. The van der Waals surface area contributed by atoms with E-state index in [4.69, 9.17) is 0 Å². The first kappa shape index (κ1) is 12.7. The van der Waals surface area contributed by atoms with Crippen molar-refractivity contribution in [3.8, 4) is 0 Å². The summed E-state index contributed by atoms with van der Waals surface area (Å²) in [4.78, 5) is 2.23. The van der Waals surface area contributed by atoms with Gasteiger partial charge in [-0.05, 0) is 44.6 Å². The fraction of sp³-hybridized carbons (Fsp3) is 0.500. The van der Waals surface area contributed by atoms with E-state index in [2.05, 4.69) is 59.3 Å². The predicted octanol–water partition coefficient (Wildman–Crippen LogP) is 2.45. The second-order valence-corrected chi connectivity index (χ2v) is 5.82. The molecule has 1 aliphatic carbocycles. The van der Waals surface area contributed by atoms with Gasteiger partial charge in [0.15, 0.2) is 0 Å². The summed E-state index contributed by atoms with van der Waals surface area (Å²) in [5.74, 6) is 0. The number of benzene rings is 1. The van der Waals surface area contributed by atoms with Crippen molar-refractivity contribution in [3.05, 3.63) is 36.0 Å². The van der Waals surface area contributed by atoms with Crippen molar-refractivity contribution in [3.63, 3.8) is 0 Å². The van der Waals surface area contributed by atoms with E-state index in [1.807, 2.05) is 0 Å². The molecule has 0 bridgehead atoms. The minimum absolute atomic E-state index is 0.770. The summed E-state index contributed by atoms with van der Waals surface area (Å²) in [6, 6.07) is 9.68. The fourth-order valence-electron chi connectivity index (χ4n) is 2.49. The Hall–Kier alpha value is -1.32. The van der Waals surface area contributed by atoms with Crippen LogP contribution in [-0.4, -0.2) is 36.1 Å². The Morgan fingerprint density at radius 2 is 2.11 bits per heavy atom. The number of rotatable bonds is 6. The predicted molar refractivity (Wildman–Crippen MR) is 80.4 cm³/mol. The summed E-state index contributed by atoms with van der Waals surface area (Å²) in [6.07, 6.45) is 4.91. The number of aromatic nitrogens is 1. The number of hydrogen-bond acceptors (Lipinski definition) is 2. The molecule has 1 fully saturated rings. The standard InChI is InChI=1S/C16H23N3/c1-18(2)10-11-19-9-8-15-13(4-3-5-16(15)19)12-17-14-6-7-14/h3-5,8-9,14,17H,6-7,10-12H2,1-2H3. The third-order valence-corrected chi connectivity index (χ3v) is 3.85. The zero-order chi connectivity index (χ0) is 13.2. The highest BCUT2D eigenvalue weighted by Crippen LogP contribution is 2.23. The van der Waals surface area contributed by atoms with Gasteiger partial charge in [0.1, 0.15) is 0 Å². The second kappa shape index (κ2) is 5.35. The van der Waals surface area contributed by atoms with E-state index in [1.165, 1.54) is 29.3 Å². The molecule has 2 aromatic rings. The third kappa shape index (κ3) is 2.99. The zero-order valence-electron chi connectivity index (χ0n) is 11.9. The molecule has 1 N–H and O–H groups in total. The van der Waals surface area contributed by atoms with Gasteiger partial charge in [-0.3, -0.25) is 0 Å². The van der Waals surface area contributed by atoms with Crippen molar-refractivity contribution < 1.29 is 0 Å². The van der Waals surface area contributed by atoms with Gasteiger partial charge in [0.05, 0.1) is 0 Å². The van der Waals surface area contributed by atoms with E-state index < -0.39 is 0 Å². The van der Waals surface area contributed by atoms with E-state index >= 15 is 0 Å². The van der Waals surface area contributed by atoms with E-state index in [1.54, 1.807) is 0 Å². The molecule has 0 radical (unpaired) electrons. The lowest BCUT2D eigenvalue weighted by atomic mass is 10.1. The quantitative estimate of drug-likeness (QED) is 0.858. The molecule has 102 valence electrons. The molecule has 0 unspecified atom stereocenters. The Bertz CT molecular complexity index is 552. The van der Waals surface area contributed by atoms with Crippen molar-refractivity contribution in [2.24, 2.45) is 0 Å². The van der Waals surface area contributed by atoms with Gasteiger partial charge in [-0.25, -0.2) is 0 Å². The Labute approximate surface area is 115 Å². The van der Waals surface area contributed by atoms with Crippen LogP contribution in [-0.2, 0) is 13.1 Å². The number of hydrogen-bond donors (Lipinski definition) is 1. The van der Waals surface area contributed by atoms with Crippen LogP contribution in [0.1, 0.15) is 18.4 Å². The summed E-state index contributed by atoms with van der Waals surface area (Å²) >= 11 is 0. The van der Waals surface area contributed by atoms with Gasteiger partial charge in [0, 0.05) is 42.8 Å². The normalized spacial score (nSPS) is 15.5. The maximum absolute atomic E-state index is 3.61. The smallest absolute Gasteiger partial charge is 0.0483 e. The van der Waals surface area contributed by atoms with Crippen LogP contribution in [0.25, 0.3) is 10.9 Å². The topological polar surface area (TPSA) is 20.2 Å². The van der Waals surface area contributed by atoms with Crippen molar-refractivity contribution >= 4 is 10.9 Å². The molecule has 1 saturated carbocycles. The Kier molecular flexibility index (Phi) is 3.58. The maximum Gasteiger partial charge on any atom is 0.0483 e. The molecule has 1 aromatic heterocycles. The lowest BCUT2D eigenvalue weighted by Crippen LogP contribution is -2.18. The average molecular weight is 257 g/mol. The van der Waals surface area contributed by atoms with E-state index in [0.29, 0.717) is 0 Å². The minimum Gasteiger partial charge on any atom is -0.346 e. The summed E-state index contributed by atoms with van der Waals surface area (Å²) in [7, 11) is 4.24. The molecule has 1 aliphatic rings. The first-order valence-electron chi connectivity index (χ1n) is 7.19. The monoisotopic (exact) mass is 257 g/mol. The molecule has 3 nitrogen and oxygen atoms in total. The second-order valence-electron chi connectivity index (χ2n) is 5.82. The van der Waals surface area contributed by atoms with Gasteiger partial charge in [-0.2, -0.15) is 0 Å². The molecule has 1 heterocycles. The first-order valence-corrected chi connectivity index (χ1v) is 7.19. The molecule has 0 saturated heterocycles. The molecule has 19 heavy (non-hydrogen) atoms. The van der Waals surface area contributed by atoms with Crippen LogP contribution in [0, 0.1) is 0 Å². The largest absolute Gasteiger partial charge is 0.346 e. The highest BCUT2D eigenvalue weighted by atomic mass is 15.1. The highest BCUT2D eigenvalue weighted by molar-refractivity contribution is 5.83. The number of fused-ring (bicyclic) bond motifs is 1. The molecule has 0 amide bonds. The lowest BCUT2D eigenvalue weighted by molar-refractivity contribution is 0.387. The molecule has 1 aromatic carbocycles. The molecule has 0 aliphatic heterocycles. The van der Waals surface area contributed by atoms with Crippen LogP contribution >= 0.6 is 0 Å². The van der Waals surface area contributed by atoms with Crippen LogP contribution < -0.4 is 5.32 Å². The molecule has 3 heteroatoms. The molecule has 0 spiro atoms. The summed E-state index contributed by atoms with van der Waals surface area (Å²) < 4.78 is 2.36. The average Bonchev–Trinajstić information content (AvgIpc) is 3.13. The Morgan fingerprint density at radius 3 is 2.84 bits per heavy atom. The SMILES string of the molecule is CN(C)CCn1ccc2c(CNC3CC3)cccc21. The van der Waals surface area contributed by atoms with Crippen LogP contribution in [0.2, 0.25) is 0 Å². The fourth-order valence-corrected chi connectivity index (χ4v) is 2.49. The van der Waals surface area contributed by atoms with Gasteiger partial charge in [0.2, 0.25) is 0 Å². The van der Waals surface area contributed by atoms with Gasteiger partial charge in [0.25, 0.3) is 0 Å². The lowest BCUT2D eigenvalue weighted by Gasteiger charge is -2.11. The van der Waals surface area contributed by atoms with Crippen molar-refractivity contribution in [2.75, 3.05) is 20.6 Å². The van der Waals surface area contributed by atoms with E-state index in [0.717, 1.165) is 25.7 Å². The third-order valence-electron chi connectivity index (χ3n) is 3.85. The van der Waals surface area contributed by atoms with Gasteiger partial charge in [-0.15, -0.1) is 0 Å². The first-order chi connectivity index (χ1) is 9.24. The van der Waals surface area contributed by atoms with Crippen molar-refractivity contribution in [2.45, 2.75) is 32.0 Å². The van der Waals surface area contributed by atoms with Crippen LogP contribution in [0.5, 0.6) is 0 Å². The summed E-state index contributed by atoms with van der Waals surface area (Å²) in [5, 5.41) is 5.00. The van der Waals surface area contributed by atoms with Gasteiger partial charge >= 0.3 is 0 Å². The number of likely N-dealkylation sites (N-methyl/N-ethyl adjacent to an activating group) is 1. The zero-order valence-corrected chi connectivity index (χ0v) is 11.9. The Balaban J connectivity index is 1.79. The molecule has 0 atom stereocenters. The number of nitrogens with zero attached hydrogens (tertiary/aromatic N) is 2. The van der Waals surface area contributed by atoms with Gasteiger partial charge < -0.3 is 14.8 Å². The highest BCUT2D eigenvalue weighted by Gasteiger charge is 2.20. The van der Waals surface area contributed by atoms with E-state index in [9.17, 15) is 0 Å². The summed E-state index contributed by atoms with van der Waals surface area (Å²) in [5.41, 5.74) is 2.78. The minimum atomic E-state index is 0.770. The van der Waals surface area contributed by atoms with Crippen LogP contribution in [0.4, 0.5) is 0 Å². The Morgan fingerprint density at radius 1 is 1.26 bits per heavy atom. The summed E-state index contributed by atoms with van der Waals surface area (Å²) in [6.45, 7) is 3.13. The van der Waals surface area contributed by atoms with Crippen molar-refractivity contribution in [1.82, 2.24) is 14.8 Å².